The molecule has 3 N–H and O–H groups in total. The number of para-hydroxylation sites is 1. The van der Waals surface area contributed by atoms with Crippen molar-refractivity contribution in [1.82, 2.24) is 14.9 Å². The monoisotopic (exact) mass is 513 g/mol. The van der Waals surface area contributed by atoms with Gasteiger partial charge in [-0.25, -0.2) is 4.79 Å². The maximum atomic E-state index is 12.2. The lowest BCUT2D eigenvalue weighted by Gasteiger charge is -2.17. The number of aliphatic hydroxyl groups excluding tert-OH is 1. The number of carbonyl (C=O) groups is 1. The van der Waals surface area contributed by atoms with Crippen molar-refractivity contribution in [2.75, 3.05) is 13.2 Å². The van der Waals surface area contributed by atoms with Gasteiger partial charge < -0.3 is 19.9 Å². The summed E-state index contributed by atoms with van der Waals surface area (Å²) >= 11 is 12.1. The van der Waals surface area contributed by atoms with Crippen LogP contribution in [0.1, 0.15) is 50.8 Å². The van der Waals surface area contributed by atoms with Gasteiger partial charge in [0.2, 0.25) is 5.91 Å². The molecule has 1 unspecified atom stereocenters. The number of aromatic amines is 1. The molecule has 1 aromatic carbocycles. The van der Waals surface area contributed by atoms with Gasteiger partial charge in [0, 0.05) is 31.1 Å². The lowest BCUT2D eigenvalue weighted by Crippen LogP contribution is -2.37. The SMILES string of the molecule is CCc1cn([C@@H]2CC(O)[C@H](CNC(=O)CCCCCOc3c(Cl)cccc3Cl)O2)c(=O)[nH]c1=O. The first kappa shape index (κ1) is 26.3. The molecule has 1 aromatic heterocycles. The maximum absolute atomic E-state index is 12.2. The first-order chi connectivity index (χ1) is 16.3. The smallest absolute Gasteiger partial charge is 0.330 e. The quantitative estimate of drug-likeness (QED) is 0.397. The second kappa shape index (κ2) is 12.4. The van der Waals surface area contributed by atoms with Gasteiger partial charge in [0.15, 0.2) is 5.75 Å². The van der Waals surface area contributed by atoms with E-state index >= 15 is 0 Å². The summed E-state index contributed by atoms with van der Waals surface area (Å²) in [4.78, 5) is 38.3. The minimum Gasteiger partial charge on any atom is -0.490 e. The first-order valence-electron chi connectivity index (χ1n) is 11.3. The molecule has 1 aliphatic rings. The Hall–Kier alpha value is -2.33. The molecule has 1 fully saturated rings. The highest BCUT2D eigenvalue weighted by Crippen LogP contribution is 2.32. The Morgan fingerprint density at radius 1 is 1.26 bits per heavy atom. The number of amides is 1. The zero-order valence-electron chi connectivity index (χ0n) is 18.9. The molecule has 2 heterocycles. The number of ether oxygens (including phenoxy) is 2. The second-order valence-electron chi connectivity index (χ2n) is 8.12. The summed E-state index contributed by atoms with van der Waals surface area (Å²) in [5.74, 6) is 0.316. The van der Waals surface area contributed by atoms with Crippen LogP contribution in [0.2, 0.25) is 10.0 Å². The number of carbonyl (C=O) groups excluding carboxylic acids is 1. The lowest BCUT2D eigenvalue weighted by molar-refractivity contribution is -0.122. The molecule has 11 heteroatoms. The van der Waals surface area contributed by atoms with E-state index in [-0.39, 0.29) is 18.9 Å². The van der Waals surface area contributed by atoms with Crippen molar-refractivity contribution >= 4 is 29.1 Å². The number of aromatic nitrogens is 2. The van der Waals surface area contributed by atoms with Crippen molar-refractivity contribution in [3.8, 4) is 5.75 Å². The zero-order chi connectivity index (χ0) is 24.7. The fourth-order valence-electron chi connectivity index (χ4n) is 3.72. The van der Waals surface area contributed by atoms with Crippen LogP contribution in [-0.4, -0.2) is 45.9 Å². The fourth-order valence-corrected chi connectivity index (χ4v) is 4.23. The Morgan fingerprint density at radius 3 is 2.71 bits per heavy atom. The summed E-state index contributed by atoms with van der Waals surface area (Å²) in [6.07, 6.45) is 2.45. The number of rotatable bonds is 11. The minimum absolute atomic E-state index is 0.128. The number of unbranched alkanes of at least 4 members (excludes halogenated alkanes) is 2. The molecule has 34 heavy (non-hydrogen) atoms. The van der Waals surface area contributed by atoms with E-state index in [0.29, 0.717) is 47.2 Å². The summed E-state index contributed by atoms with van der Waals surface area (Å²) in [7, 11) is 0. The van der Waals surface area contributed by atoms with E-state index in [9.17, 15) is 19.5 Å². The number of hydrogen-bond acceptors (Lipinski definition) is 6. The molecule has 0 radical (unpaired) electrons. The Kier molecular flexibility index (Phi) is 9.58. The van der Waals surface area contributed by atoms with E-state index in [0.717, 1.165) is 12.8 Å². The molecule has 0 saturated carbocycles. The molecule has 9 nitrogen and oxygen atoms in total. The standard InChI is InChI=1S/C23H29Cl2N3O6/c1-2-14-13-28(23(32)27-22(14)31)20-11-17(29)18(34-20)12-26-19(30)9-4-3-5-10-33-21-15(24)7-6-8-16(21)25/h6-8,13,17-18,20,29H,2-5,9-12H2,1H3,(H,26,30)(H,27,31,32)/t17?,18-,20-/m0/s1. The topological polar surface area (TPSA) is 123 Å². The maximum Gasteiger partial charge on any atom is 0.330 e. The van der Waals surface area contributed by atoms with E-state index in [1.807, 2.05) is 6.92 Å². The predicted octanol–water partition coefficient (Wildman–Crippen LogP) is 2.81. The van der Waals surface area contributed by atoms with Gasteiger partial charge in [0.05, 0.1) is 22.8 Å². The third-order valence-corrected chi connectivity index (χ3v) is 6.25. The van der Waals surface area contributed by atoms with Crippen molar-refractivity contribution < 1.29 is 19.4 Å². The number of aryl methyl sites for hydroxylation is 1. The number of benzene rings is 1. The van der Waals surface area contributed by atoms with E-state index in [1.54, 1.807) is 18.2 Å². The van der Waals surface area contributed by atoms with Crippen LogP contribution in [0.15, 0.2) is 34.0 Å². The van der Waals surface area contributed by atoms with Gasteiger partial charge in [0.1, 0.15) is 12.3 Å². The molecule has 186 valence electrons. The molecule has 0 spiro atoms. The van der Waals surface area contributed by atoms with Gasteiger partial charge in [0.25, 0.3) is 5.56 Å². The third kappa shape index (κ3) is 6.85. The van der Waals surface area contributed by atoms with Crippen LogP contribution in [0.3, 0.4) is 0 Å². The van der Waals surface area contributed by atoms with Crippen LogP contribution in [-0.2, 0) is 16.0 Å². The Balaban J connectivity index is 1.36. The molecular weight excluding hydrogens is 485 g/mol. The molecule has 1 amide bonds. The molecule has 2 aromatic rings. The van der Waals surface area contributed by atoms with Crippen molar-refractivity contribution in [2.45, 2.75) is 63.9 Å². The lowest BCUT2D eigenvalue weighted by atomic mass is 10.1. The van der Waals surface area contributed by atoms with Gasteiger partial charge in [-0.1, -0.05) is 36.2 Å². The third-order valence-electron chi connectivity index (χ3n) is 5.65. The zero-order valence-corrected chi connectivity index (χ0v) is 20.4. The van der Waals surface area contributed by atoms with Gasteiger partial charge >= 0.3 is 5.69 Å². The number of halogens is 2. The summed E-state index contributed by atoms with van der Waals surface area (Å²) in [5.41, 5.74) is -0.565. The van der Waals surface area contributed by atoms with E-state index < -0.39 is 29.7 Å². The number of nitrogens with zero attached hydrogens (tertiary/aromatic N) is 1. The largest absolute Gasteiger partial charge is 0.490 e. The van der Waals surface area contributed by atoms with Crippen molar-refractivity contribution in [3.05, 3.63) is 60.8 Å². The minimum atomic E-state index is -0.844. The molecule has 0 aliphatic carbocycles. The van der Waals surface area contributed by atoms with Crippen LogP contribution in [0.5, 0.6) is 5.75 Å². The van der Waals surface area contributed by atoms with E-state index in [2.05, 4.69) is 10.3 Å². The summed E-state index contributed by atoms with van der Waals surface area (Å²) in [6.45, 7) is 2.38. The normalized spacial score (nSPS) is 19.8. The Bertz CT molecular complexity index is 1080. The van der Waals surface area contributed by atoms with Gasteiger partial charge in [-0.05, 0) is 37.8 Å². The summed E-state index contributed by atoms with van der Waals surface area (Å²) in [5, 5.41) is 14.0. The average Bonchev–Trinajstić information content (AvgIpc) is 3.16. The van der Waals surface area contributed by atoms with Crippen LogP contribution in [0.4, 0.5) is 0 Å². The van der Waals surface area contributed by atoms with E-state index in [4.69, 9.17) is 32.7 Å². The highest BCUT2D eigenvalue weighted by atomic mass is 35.5. The predicted molar refractivity (Wildman–Crippen MR) is 129 cm³/mol. The van der Waals surface area contributed by atoms with Crippen LogP contribution in [0, 0.1) is 0 Å². The van der Waals surface area contributed by atoms with Gasteiger partial charge in [-0.15, -0.1) is 0 Å². The van der Waals surface area contributed by atoms with Crippen molar-refractivity contribution in [1.29, 1.82) is 0 Å². The molecule has 3 atom stereocenters. The van der Waals surface area contributed by atoms with Crippen LogP contribution in [0.25, 0.3) is 0 Å². The second-order valence-corrected chi connectivity index (χ2v) is 8.94. The highest BCUT2D eigenvalue weighted by molar-refractivity contribution is 6.37. The van der Waals surface area contributed by atoms with Gasteiger partial charge in [-0.3, -0.25) is 19.1 Å². The molecule has 1 aliphatic heterocycles. The Labute approximate surface area is 207 Å². The van der Waals surface area contributed by atoms with E-state index in [1.165, 1.54) is 10.8 Å². The number of H-pyrrole nitrogens is 1. The first-order valence-corrected chi connectivity index (χ1v) is 12.1. The molecular formula is C23H29Cl2N3O6. The Morgan fingerprint density at radius 2 is 2.00 bits per heavy atom. The molecule has 0 bridgehead atoms. The summed E-state index contributed by atoms with van der Waals surface area (Å²) in [6, 6.07) is 5.17. The average molecular weight is 514 g/mol. The number of hydrogen-bond donors (Lipinski definition) is 3. The summed E-state index contributed by atoms with van der Waals surface area (Å²) < 4.78 is 12.7. The fraction of sp³-hybridized carbons (Fsp3) is 0.522. The highest BCUT2D eigenvalue weighted by Gasteiger charge is 2.35. The molecule has 1 saturated heterocycles. The van der Waals surface area contributed by atoms with Gasteiger partial charge in [-0.2, -0.15) is 0 Å². The van der Waals surface area contributed by atoms with Crippen LogP contribution >= 0.6 is 23.2 Å². The van der Waals surface area contributed by atoms with Crippen molar-refractivity contribution in [2.24, 2.45) is 0 Å². The van der Waals surface area contributed by atoms with Crippen molar-refractivity contribution in [3.63, 3.8) is 0 Å². The number of aliphatic hydroxyl groups is 1. The van der Waals surface area contributed by atoms with Crippen LogP contribution < -0.4 is 21.3 Å². The molecule has 3 rings (SSSR count). The number of nitrogens with one attached hydrogen (secondary N) is 2.